The Kier molecular flexibility index (Phi) is 4.85. The zero-order chi connectivity index (χ0) is 12.2. The van der Waals surface area contributed by atoms with Crippen molar-refractivity contribution in [2.45, 2.75) is 18.1 Å². The fourth-order valence-electron chi connectivity index (χ4n) is 1.21. The highest BCUT2D eigenvalue weighted by atomic mass is 32.2. The minimum atomic E-state index is -3.37. The molecule has 1 atom stereocenters. The quantitative estimate of drug-likeness (QED) is 0.788. The molecule has 2 N–H and O–H groups in total. The topological polar surface area (TPSA) is 71.1 Å². The molecular weight excluding hydrogens is 246 g/mol. The van der Waals surface area contributed by atoms with E-state index in [1.807, 2.05) is 14.0 Å². The Labute approximate surface area is 100 Å². The molecule has 1 rings (SSSR count). The molecule has 92 valence electrons. The number of nitrogens with zero attached hydrogens (tertiary/aromatic N) is 1. The van der Waals surface area contributed by atoms with Gasteiger partial charge in [-0.1, -0.05) is 6.92 Å². The molecule has 5 nitrogen and oxygen atoms in total. The molecule has 0 saturated heterocycles. The van der Waals surface area contributed by atoms with Crippen LogP contribution in [0.15, 0.2) is 10.4 Å². The molecule has 1 unspecified atom stereocenters. The van der Waals surface area contributed by atoms with Gasteiger partial charge in [0.05, 0.1) is 11.2 Å². The molecule has 1 heterocycles. The van der Waals surface area contributed by atoms with Crippen molar-refractivity contribution in [1.29, 1.82) is 0 Å². The number of sulfonamides is 1. The molecule has 0 spiro atoms. The maximum absolute atomic E-state index is 11.8. The molecule has 0 aliphatic carbocycles. The van der Waals surface area contributed by atoms with Gasteiger partial charge in [0.2, 0.25) is 0 Å². The number of nitrogens with one attached hydrogen (secondary N) is 2. The molecule has 0 aliphatic heterocycles. The van der Waals surface area contributed by atoms with Crippen LogP contribution >= 0.6 is 11.3 Å². The first-order valence-corrected chi connectivity index (χ1v) is 7.32. The Morgan fingerprint density at radius 1 is 1.50 bits per heavy atom. The summed E-state index contributed by atoms with van der Waals surface area (Å²) in [6.07, 6.45) is 1.39. The summed E-state index contributed by atoms with van der Waals surface area (Å²) in [5.41, 5.74) is 0. The maximum atomic E-state index is 11.8. The van der Waals surface area contributed by atoms with E-state index in [0.29, 0.717) is 6.54 Å². The first-order chi connectivity index (χ1) is 7.45. The van der Waals surface area contributed by atoms with Crippen molar-refractivity contribution in [2.24, 2.45) is 5.92 Å². The third-order valence-electron chi connectivity index (χ3n) is 2.04. The van der Waals surface area contributed by atoms with Crippen LogP contribution in [0.1, 0.15) is 11.9 Å². The molecular formula is C9H17N3O2S2. The highest BCUT2D eigenvalue weighted by Crippen LogP contribution is 2.17. The Morgan fingerprint density at radius 3 is 2.69 bits per heavy atom. The van der Waals surface area contributed by atoms with Gasteiger partial charge in [0, 0.05) is 6.54 Å². The van der Waals surface area contributed by atoms with Gasteiger partial charge in [0.1, 0.15) is 0 Å². The highest BCUT2D eigenvalue weighted by Gasteiger charge is 2.17. The van der Waals surface area contributed by atoms with E-state index in [0.717, 1.165) is 11.6 Å². The smallest absolute Gasteiger partial charge is 0.251 e. The fraction of sp³-hybridized carbons (Fsp3) is 0.667. The van der Waals surface area contributed by atoms with Gasteiger partial charge in [0.25, 0.3) is 10.0 Å². The predicted octanol–water partition coefficient (Wildman–Crippen LogP) is 0.585. The summed E-state index contributed by atoms with van der Waals surface area (Å²) >= 11 is 1.18. The lowest BCUT2D eigenvalue weighted by atomic mass is 10.2. The summed E-state index contributed by atoms with van der Waals surface area (Å²) in [6, 6.07) is 0. The summed E-state index contributed by atoms with van der Waals surface area (Å²) in [5.74, 6) is 0.258. The summed E-state index contributed by atoms with van der Waals surface area (Å²) in [4.78, 5) is 3.93. The second kappa shape index (κ2) is 5.72. The van der Waals surface area contributed by atoms with Crippen molar-refractivity contribution in [2.75, 3.05) is 20.1 Å². The molecule has 7 heteroatoms. The van der Waals surface area contributed by atoms with Crippen LogP contribution in [0, 0.1) is 12.8 Å². The predicted molar refractivity (Wildman–Crippen MR) is 65.1 cm³/mol. The van der Waals surface area contributed by atoms with Gasteiger partial charge in [-0.2, -0.15) is 0 Å². The van der Waals surface area contributed by atoms with Crippen LogP contribution in [0.5, 0.6) is 0 Å². The van der Waals surface area contributed by atoms with Crippen molar-refractivity contribution >= 4 is 21.4 Å². The summed E-state index contributed by atoms with van der Waals surface area (Å²) in [7, 11) is -1.53. The van der Waals surface area contributed by atoms with Crippen LogP contribution in [-0.4, -0.2) is 33.5 Å². The van der Waals surface area contributed by atoms with Crippen molar-refractivity contribution < 1.29 is 8.42 Å². The largest absolute Gasteiger partial charge is 0.319 e. The van der Waals surface area contributed by atoms with E-state index in [1.54, 1.807) is 6.92 Å². The van der Waals surface area contributed by atoms with E-state index in [1.165, 1.54) is 17.5 Å². The minimum Gasteiger partial charge on any atom is -0.319 e. The van der Waals surface area contributed by atoms with E-state index >= 15 is 0 Å². The van der Waals surface area contributed by atoms with E-state index in [-0.39, 0.29) is 10.1 Å². The molecule has 0 radical (unpaired) electrons. The SMILES string of the molecule is CNCC(C)CNS(=O)(=O)c1cnc(C)s1. The van der Waals surface area contributed by atoms with Crippen molar-refractivity contribution in [3.63, 3.8) is 0 Å². The normalized spacial score (nSPS) is 13.9. The molecule has 0 fully saturated rings. The second-order valence-electron chi connectivity index (χ2n) is 3.71. The molecule has 16 heavy (non-hydrogen) atoms. The average Bonchev–Trinajstić information content (AvgIpc) is 2.63. The van der Waals surface area contributed by atoms with Crippen LogP contribution in [0.3, 0.4) is 0 Å². The highest BCUT2D eigenvalue weighted by molar-refractivity contribution is 7.91. The average molecular weight is 263 g/mol. The Hall–Kier alpha value is -0.500. The van der Waals surface area contributed by atoms with Gasteiger partial charge in [-0.15, -0.1) is 11.3 Å². The molecule has 1 aromatic heterocycles. The third kappa shape index (κ3) is 3.82. The number of aryl methyl sites for hydroxylation is 1. The van der Waals surface area contributed by atoms with E-state index in [9.17, 15) is 8.42 Å². The van der Waals surface area contributed by atoms with Gasteiger partial charge in [-0.05, 0) is 26.4 Å². The van der Waals surface area contributed by atoms with Crippen molar-refractivity contribution in [3.8, 4) is 0 Å². The molecule has 0 amide bonds. The van der Waals surface area contributed by atoms with E-state index in [2.05, 4.69) is 15.0 Å². The minimum absolute atomic E-state index is 0.258. The summed E-state index contributed by atoms with van der Waals surface area (Å²) in [5, 5.41) is 3.76. The zero-order valence-electron chi connectivity index (χ0n) is 9.65. The lowest BCUT2D eigenvalue weighted by molar-refractivity contribution is 0.519. The van der Waals surface area contributed by atoms with Crippen LogP contribution < -0.4 is 10.0 Å². The standard InChI is InChI=1S/C9H17N3O2S2/c1-7(4-10-3)5-12-16(13,14)9-6-11-8(2)15-9/h6-7,10,12H,4-5H2,1-3H3. The van der Waals surface area contributed by atoms with Gasteiger partial charge < -0.3 is 5.32 Å². The molecule has 0 aliphatic rings. The summed E-state index contributed by atoms with van der Waals surface area (Å²) < 4.78 is 26.4. The zero-order valence-corrected chi connectivity index (χ0v) is 11.3. The number of thiazole rings is 1. The van der Waals surface area contributed by atoms with Crippen LogP contribution in [-0.2, 0) is 10.0 Å². The van der Waals surface area contributed by atoms with Gasteiger partial charge >= 0.3 is 0 Å². The third-order valence-corrected chi connectivity index (χ3v) is 4.84. The number of rotatable bonds is 6. The fourth-order valence-corrected chi connectivity index (χ4v) is 3.53. The molecule has 0 bridgehead atoms. The van der Waals surface area contributed by atoms with Crippen LogP contribution in [0.25, 0.3) is 0 Å². The lowest BCUT2D eigenvalue weighted by Gasteiger charge is -2.11. The number of aromatic nitrogens is 1. The Bertz CT molecular complexity index is 428. The first kappa shape index (κ1) is 13.6. The summed E-state index contributed by atoms with van der Waals surface area (Å²) in [6.45, 7) is 4.98. The van der Waals surface area contributed by atoms with Crippen molar-refractivity contribution in [1.82, 2.24) is 15.0 Å². The first-order valence-electron chi connectivity index (χ1n) is 5.02. The van der Waals surface area contributed by atoms with Gasteiger partial charge in [-0.3, -0.25) is 0 Å². The second-order valence-corrected chi connectivity index (χ2v) is 6.94. The van der Waals surface area contributed by atoms with Crippen LogP contribution in [0.4, 0.5) is 0 Å². The van der Waals surface area contributed by atoms with Crippen molar-refractivity contribution in [3.05, 3.63) is 11.2 Å². The Balaban J connectivity index is 2.59. The number of hydrogen-bond acceptors (Lipinski definition) is 5. The number of hydrogen-bond donors (Lipinski definition) is 2. The van der Waals surface area contributed by atoms with Gasteiger partial charge in [-0.25, -0.2) is 18.1 Å². The van der Waals surface area contributed by atoms with E-state index < -0.39 is 10.0 Å². The Morgan fingerprint density at radius 2 is 2.19 bits per heavy atom. The lowest BCUT2D eigenvalue weighted by Crippen LogP contribution is -2.31. The maximum Gasteiger partial charge on any atom is 0.251 e. The van der Waals surface area contributed by atoms with Gasteiger partial charge in [0.15, 0.2) is 4.21 Å². The van der Waals surface area contributed by atoms with E-state index in [4.69, 9.17) is 0 Å². The monoisotopic (exact) mass is 263 g/mol. The molecule has 0 saturated carbocycles. The molecule has 1 aromatic rings. The van der Waals surface area contributed by atoms with Crippen LogP contribution in [0.2, 0.25) is 0 Å². The molecule has 0 aromatic carbocycles.